The third kappa shape index (κ3) is 4.81. The summed E-state index contributed by atoms with van der Waals surface area (Å²) in [6.07, 6.45) is 4.33. The molecule has 1 atom stereocenters. The summed E-state index contributed by atoms with van der Waals surface area (Å²) in [6.45, 7) is 7.51. The number of pyridine rings is 1. The Morgan fingerprint density at radius 1 is 1.03 bits per heavy atom. The van der Waals surface area contributed by atoms with Crippen molar-refractivity contribution in [2.75, 3.05) is 13.2 Å². The fourth-order valence-electron chi connectivity index (χ4n) is 4.65. The molecule has 1 aliphatic rings. The van der Waals surface area contributed by atoms with Gasteiger partial charge in [0.25, 0.3) is 5.91 Å². The van der Waals surface area contributed by atoms with E-state index in [4.69, 9.17) is 13.9 Å². The van der Waals surface area contributed by atoms with Crippen molar-refractivity contribution in [1.29, 1.82) is 0 Å². The monoisotopic (exact) mass is 498 g/mol. The number of carbonyl (C=O) groups is 1. The number of benzene rings is 2. The molecule has 0 bridgehead atoms. The molecule has 0 saturated carbocycles. The lowest BCUT2D eigenvalue weighted by Crippen LogP contribution is -2.29. The van der Waals surface area contributed by atoms with Crippen LogP contribution in [0.2, 0.25) is 0 Å². The molecule has 0 N–H and O–H groups in total. The van der Waals surface area contributed by atoms with Crippen LogP contribution in [0, 0.1) is 5.92 Å². The van der Waals surface area contributed by atoms with Gasteiger partial charge in [-0.1, -0.05) is 38.1 Å². The SMILES string of the molecule is CCOc1cc(C2c3c(oc4ccccc4c3=O)C(=O)N2Cc2cccnc2)ccc1OCCC(C)C. The maximum absolute atomic E-state index is 13.7. The Kier molecular flexibility index (Phi) is 6.95. The van der Waals surface area contributed by atoms with Crippen LogP contribution >= 0.6 is 0 Å². The van der Waals surface area contributed by atoms with Crippen LogP contribution in [0.15, 0.2) is 76.2 Å². The molecule has 37 heavy (non-hydrogen) atoms. The Hall–Kier alpha value is -4.13. The van der Waals surface area contributed by atoms with Crippen molar-refractivity contribution in [3.8, 4) is 11.5 Å². The molecule has 7 heteroatoms. The van der Waals surface area contributed by atoms with E-state index in [1.165, 1.54) is 0 Å². The molecule has 0 saturated heterocycles. The normalized spacial score (nSPS) is 14.9. The lowest BCUT2D eigenvalue weighted by molar-refractivity contribution is 0.0714. The summed E-state index contributed by atoms with van der Waals surface area (Å²) >= 11 is 0. The number of aromatic nitrogens is 1. The molecule has 0 fully saturated rings. The molecule has 1 aliphatic heterocycles. The van der Waals surface area contributed by atoms with Crippen LogP contribution < -0.4 is 14.9 Å². The van der Waals surface area contributed by atoms with E-state index in [-0.39, 0.29) is 23.6 Å². The van der Waals surface area contributed by atoms with Crippen LogP contribution in [-0.2, 0) is 6.54 Å². The number of hydrogen-bond acceptors (Lipinski definition) is 6. The number of carbonyl (C=O) groups excluding carboxylic acids is 1. The summed E-state index contributed by atoms with van der Waals surface area (Å²) in [5.41, 5.74) is 2.12. The molecule has 1 unspecified atom stereocenters. The maximum atomic E-state index is 13.7. The Bertz CT molecular complexity index is 1480. The van der Waals surface area contributed by atoms with Gasteiger partial charge in [0.1, 0.15) is 5.58 Å². The van der Waals surface area contributed by atoms with Crippen molar-refractivity contribution < 1.29 is 18.7 Å². The summed E-state index contributed by atoms with van der Waals surface area (Å²) in [7, 11) is 0. The first-order valence-electron chi connectivity index (χ1n) is 12.6. The fraction of sp³-hybridized carbons (Fsp3) is 0.300. The first kappa shape index (κ1) is 24.6. The van der Waals surface area contributed by atoms with E-state index in [1.54, 1.807) is 41.6 Å². The molecule has 0 aliphatic carbocycles. The van der Waals surface area contributed by atoms with Crippen molar-refractivity contribution in [3.63, 3.8) is 0 Å². The minimum Gasteiger partial charge on any atom is -0.490 e. The van der Waals surface area contributed by atoms with Crippen molar-refractivity contribution in [2.45, 2.75) is 39.8 Å². The molecular formula is C30H30N2O5. The Morgan fingerprint density at radius 3 is 2.62 bits per heavy atom. The predicted molar refractivity (Wildman–Crippen MR) is 141 cm³/mol. The van der Waals surface area contributed by atoms with E-state index in [9.17, 15) is 9.59 Å². The Morgan fingerprint density at radius 2 is 1.86 bits per heavy atom. The highest BCUT2D eigenvalue weighted by atomic mass is 16.5. The van der Waals surface area contributed by atoms with Gasteiger partial charge < -0.3 is 18.8 Å². The highest BCUT2D eigenvalue weighted by molar-refractivity contribution is 5.99. The Balaban J connectivity index is 1.63. The zero-order valence-electron chi connectivity index (χ0n) is 21.3. The minimum atomic E-state index is -0.646. The third-order valence-electron chi connectivity index (χ3n) is 6.48. The summed E-state index contributed by atoms with van der Waals surface area (Å²) in [5.74, 6) is 1.48. The van der Waals surface area contributed by atoms with Crippen molar-refractivity contribution in [1.82, 2.24) is 9.88 Å². The van der Waals surface area contributed by atoms with Gasteiger partial charge in [0, 0.05) is 18.9 Å². The van der Waals surface area contributed by atoms with Gasteiger partial charge in [-0.15, -0.1) is 0 Å². The number of fused-ring (bicyclic) bond motifs is 2. The second-order valence-electron chi connectivity index (χ2n) is 9.54. The molecule has 190 valence electrons. The van der Waals surface area contributed by atoms with Crippen LogP contribution in [0.1, 0.15) is 60.5 Å². The van der Waals surface area contributed by atoms with Gasteiger partial charge in [-0.25, -0.2) is 0 Å². The van der Waals surface area contributed by atoms with Gasteiger partial charge in [-0.2, -0.15) is 0 Å². The van der Waals surface area contributed by atoms with E-state index < -0.39 is 6.04 Å². The van der Waals surface area contributed by atoms with Crippen molar-refractivity contribution in [3.05, 3.63) is 99.7 Å². The van der Waals surface area contributed by atoms with E-state index in [0.717, 1.165) is 17.5 Å². The summed E-state index contributed by atoms with van der Waals surface area (Å²) in [5, 5.41) is 0.445. The molecule has 3 heterocycles. The lowest BCUT2D eigenvalue weighted by Gasteiger charge is -2.26. The van der Waals surface area contributed by atoms with E-state index in [1.807, 2.05) is 37.3 Å². The average molecular weight is 499 g/mol. The molecule has 2 aromatic carbocycles. The van der Waals surface area contributed by atoms with E-state index in [0.29, 0.717) is 47.2 Å². The summed E-state index contributed by atoms with van der Waals surface area (Å²) < 4.78 is 18.0. The molecule has 0 spiro atoms. The summed E-state index contributed by atoms with van der Waals surface area (Å²) in [4.78, 5) is 33.3. The van der Waals surface area contributed by atoms with Gasteiger partial charge in [0.15, 0.2) is 16.9 Å². The number of para-hydroxylation sites is 1. The molecular weight excluding hydrogens is 468 g/mol. The first-order chi connectivity index (χ1) is 18.0. The standard InChI is InChI=1S/C30H30N2O5/c1-4-35-25-16-21(11-12-24(25)36-15-13-19(2)3)27-26-28(33)22-9-5-6-10-23(22)37-29(26)30(34)32(27)18-20-8-7-14-31-17-20/h5-12,14,16-17,19,27H,4,13,15,18H2,1-3H3. The molecule has 4 aromatic rings. The number of hydrogen-bond donors (Lipinski definition) is 0. The van der Waals surface area contributed by atoms with Crippen LogP contribution in [0.25, 0.3) is 11.0 Å². The zero-order valence-corrected chi connectivity index (χ0v) is 21.3. The highest BCUT2D eigenvalue weighted by Crippen LogP contribution is 2.41. The van der Waals surface area contributed by atoms with Crippen molar-refractivity contribution in [2.24, 2.45) is 5.92 Å². The van der Waals surface area contributed by atoms with Crippen LogP contribution in [0.4, 0.5) is 0 Å². The largest absolute Gasteiger partial charge is 0.490 e. The van der Waals surface area contributed by atoms with Gasteiger partial charge in [-0.3, -0.25) is 14.6 Å². The van der Waals surface area contributed by atoms with Gasteiger partial charge in [-0.05, 0) is 60.7 Å². The quantitative estimate of drug-likeness (QED) is 0.292. The molecule has 7 nitrogen and oxygen atoms in total. The first-order valence-corrected chi connectivity index (χ1v) is 12.6. The number of amides is 1. The highest BCUT2D eigenvalue weighted by Gasteiger charge is 2.43. The topological polar surface area (TPSA) is 81.9 Å². The number of nitrogens with zero attached hydrogens (tertiary/aromatic N) is 2. The van der Waals surface area contributed by atoms with Gasteiger partial charge >= 0.3 is 0 Å². The van der Waals surface area contributed by atoms with E-state index in [2.05, 4.69) is 18.8 Å². The van der Waals surface area contributed by atoms with Gasteiger partial charge in [0.2, 0.25) is 5.76 Å². The molecule has 5 rings (SSSR count). The lowest BCUT2D eigenvalue weighted by atomic mass is 9.98. The molecule has 0 radical (unpaired) electrons. The second kappa shape index (κ2) is 10.5. The van der Waals surface area contributed by atoms with Gasteiger partial charge in [0.05, 0.1) is 30.2 Å². The number of rotatable bonds is 9. The van der Waals surface area contributed by atoms with Crippen LogP contribution in [-0.4, -0.2) is 29.0 Å². The molecule has 1 amide bonds. The predicted octanol–water partition coefficient (Wildman–Crippen LogP) is 5.76. The van der Waals surface area contributed by atoms with Crippen LogP contribution in [0.3, 0.4) is 0 Å². The van der Waals surface area contributed by atoms with Crippen molar-refractivity contribution >= 4 is 16.9 Å². The van der Waals surface area contributed by atoms with Crippen LogP contribution in [0.5, 0.6) is 11.5 Å². The summed E-state index contributed by atoms with van der Waals surface area (Å²) in [6, 6.07) is 15.7. The Labute approximate surface area is 215 Å². The average Bonchev–Trinajstić information content (AvgIpc) is 3.17. The maximum Gasteiger partial charge on any atom is 0.291 e. The molecule has 2 aromatic heterocycles. The smallest absolute Gasteiger partial charge is 0.291 e. The third-order valence-corrected chi connectivity index (χ3v) is 6.48. The fourth-order valence-corrected chi connectivity index (χ4v) is 4.65. The number of ether oxygens (including phenoxy) is 2. The zero-order chi connectivity index (χ0) is 25.9. The van der Waals surface area contributed by atoms with E-state index >= 15 is 0 Å². The minimum absolute atomic E-state index is 0.0767. The second-order valence-corrected chi connectivity index (χ2v) is 9.54.